The van der Waals surface area contributed by atoms with E-state index in [0.717, 1.165) is 23.7 Å². The van der Waals surface area contributed by atoms with Gasteiger partial charge in [0.05, 0.1) is 12.2 Å². The fourth-order valence-electron chi connectivity index (χ4n) is 2.82. The molecule has 1 aromatic heterocycles. The summed E-state index contributed by atoms with van der Waals surface area (Å²) in [5.41, 5.74) is 4.66. The van der Waals surface area contributed by atoms with Crippen LogP contribution in [-0.4, -0.2) is 4.98 Å². The van der Waals surface area contributed by atoms with Gasteiger partial charge in [-0.05, 0) is 29.8 Å². The van der Waals surface area contributed by atoms with Gasteiger partial charge in [-0.15, -0.1) is 0 Å². The highest BCUT2D eigenvalue weighted by Gasteiger charge is 2.17. The van der Waals surface area contributed by atoms with Crippen LogP contribution in [0.2, 0.25) is 0 Å². The van der Waals surface area contributed by atoms with Crippen LogP contribution in [0.25, 0.3) is 11.0 Å². The van der Waals surface area contributed by atoms with Crippen molar-refractivity contribution in [1.29, 1.82) is 0 Å². The summed E-state index contributed by atoms with van der Waals surface area (Å²) in [5, 5.41) is 3.49. The fourth-order valence-corrected chi connectivity index (χ4v) is 2.82. The molecule has 0 fully saturated rings. The molecule has 0 spiro atoms. The predicted molar refractivity (Wildman–Crippen MR) is 93.8 cm³/mol. The molecule has 2 N–H and O–H groups in total. The zero-order valence-electron chi connectivity index (χ0n) is 12.7. The highest BCUT2D eigenvalue weighted by atomic mass is 15.2. The minimum absolute atomic E-state index is 0.819. The van der Waals surface area contributed by atoms with Crippen LogP contribution >= 0.6 is 0 Å². The summed E-state index contributed by atoms with van der Waals surface area (Å²) in [6, 6.07) is 29.1. The van der Waals surface area contributed by atoms with E-state index in [1.807, 2.05) is 24.3 Å². The van der Waals surface area contributed by atoms with Gasteiger partial charge >= 0.3 is 5.95 Å². The van der Waals surface area contributed by atoms with E-state index in [1.165, 1.54) is 11.1 Å². The van der Waals surface area contributed by atoms with Crippen LogP contribution in [0.1, 0.15) is 5.56 Å². The Balaban J connectivity index is 1.78. The number of hydrogen-bond acceptors (Lipinski definition) is 1. The van der Waals surface area contributed by atoms with E-state index in [0.29, 0.717) is 0 Å². The first kappa shape index (κ1) is 13.6. The Labute approximate surface area is 135 Å². The molecule has 0 aliphatic heterocycles. The minimum atomic E-state index is 0.819. The molecule has 112 valence electrons. The van der Waals surface area contributed by atoms with E-state index in [9.17, 15) is 0 Å². The van der Waals surface area contributed by atoms with Crippen LogP contribution in [0.3, 0.4) is 0 Å². The quantitative estimate of drug-likeness (QED) is 0.543. The smallest absolute Gasteiger partial charge is 0.245 e. The van der Waals surface area contributed by atoms with E-state index >= 15 is 0 Å². The van der Waals surface area contributed by atoms with Crippen LogP contribution in [0, 0.1) is 0 Å². The third-order valence-corrected chi connectivity index (χ3v) is 3.94. The number of hydrogen-bond donors (Lipinski definition) is 2. The Morgan fingerprint density at radius 3 is 2.17 bits per heavy atom. The van der Waals surface area contributed by atoms with Gasteiger partial charge in [0, 0.05) is 0 Å². The lowest BCUT2D eigenvalue weighted by Crippen LogP contribution is -2.35. The van der Waals surface area contributed by atoms with E-state index in [1.54, 1.807) is 0 Å². The second-order valence-corrected chi connectivity index (χ2v) is 5.55. The summed E-state index contributed by atoms with van der Waals surface area (Å²) in [6.07, 6.45) is 0. The average molecular weight is 300 g/mol. The van der Waals surface area contributed by atoms with Gasteiger partial charge < -0.3 is 0 Å². The van der Waals surface area contributed by atoms with Gasteiger partial charge in [0.1, 0.15) is 11.0 Å². The summed E-state index contributed by atoms with van der Waals surface area (Å²) in [4.78, 5) is 3.48. The first-order valence-electron chi connectivity index (χ1n) is 7.77. The van der Waals surface area contributed by atoms with Crippen LogP contribution in [-0.2, 0) is 6.54 Å². The SMILES string of the molecule is c1ccc(C[n+]2c(Nc3ccccc3)[nH]c3ccccc32)cc1. The lowest BCUT2D eigenvalue weighted by atomic mass is 10.2. The molecule has 0 saturated heterocycles. The largest absolute Gasteiger partial charge is 0.361 e. The van der Waals surface area contributed by atoms with Gasteiger partial charge in [-0.1, -0.05) is 60.7 Å². The van der Waals surface area contributed by atoms with E-state index in [2.05, 4.69) is 75.5 Å². The molecule has 1 heterocycles. The maximum atomic E-state index is 3.49. The Hall–Kier alpha value is -3.07. The Bertz CT molecular complexity index is 911. The van der Waals surface area contributed by atoms with Gasteiger partial charge in [-0.25, -0.2) is 14.9 Å². The van der Waals surface area contributed by atoms with E-state index in [4.69, 9.17) is 0 Å². The molecule has 0 bridgehead atoms. The number of anilines is 2. The second-order valence-electron chi connectivity index (χ2n) is 5.55. The molecule has 0 aliphatic rings. The maximum absolute atomic E-state index is 3.49. The highest BCUT2D eigenvalue weighted by Crippen LogP contribution is 2.17. The molecule has 3 aromatic carbocycles. The number of imidazole rings is 1. The predicted octanol–water partition coefficient (Wildman–Crippen LogP) is 4.25. The summed E-state index contributed by atoms with van der Waals surface area (Å²) in [5.74, 6) is 0.987. The van der Waals surface area contributed by atoms with Crippen LogP contribution < -0.4 is 9.88 Å². The summed E-state index contributed by atoms with van der Waals surface area (Å²) < 4.78 is 2.28. The van der Waals surface area contributed by atoms with E-state index < -0.39 is 0 Å². The number of fused-ring (bicyclic) bond motifs is 1. The van der Waals surface area contributed by atoms with Crippen molar-refractivity contribution in [3.63, 3.8) is 0 Å². The van der Waals surface area contributed by atoms with Crippen molar-refractivity contribution >= 4 is 22.7 Å². The molecule has 4 rings (SSSR count). The van der Waals surface area contributed by atoms with Crippen molar-refractivity contribution in [3.05, 3.63) is 90.5 Å². The van der Waals surface area contributed by atoms with Gasteiger partial charge in [-0.3, -0.25) is 0 Å². The van der Waals surface area contributed by atoms with Crippen LogP contribution in [0.4, 0.5) is 11.6 Å². The molecule has 0 saturated carbocycles. The standard InChI is InChI=1S/C20H17N3/c1-3-9-16(10-4-1)15-23-19-14-8-7-13-18(19)22-20(23)21-17-11-5-2-6-12-17/h1-14H,15H2,(H,21,22)/p+1. The van der Waals surface area contributed by atoms with Crippen LogP contribution in [0.5, 0.6) is 0 Å². The molecule has 23 heavy (non-hydrogen) atoms. The number of rotatable bonds is 4. The first-order valence-corrected chi connectivity index (χ1v) is 7.77. The number of nitrogens with zero attached hydrogens (tertiary/aromatic N) is 1. The summed E-state index contributed by atoms with van der Waals surface area (Å²) in [6.45, 7) is 0.819. The zero-order chi connectivity index (χ0) is 15.5. The van der Waals surface area contributed by atoms with Crippen molar-refractivity contribution in [2.45, 2.75) is 6.54 Å². The molecule has 0 aliphatic carbocycles. The van der Waals surface area contributed by atoms with E-state index in [-0.39, 0.29) is 0 Å². The van der Waals surface area contributed by atoms with Crippen LogP contribution in [0.15, 0.2) is 84.9 Å². The van der Waals surface area contributed by atoms with Gasteiger partial charge in [0.2, 0.25) is 0 Å². The van der Waals surface area contributed by atoms with Crippen molar-refractivity contribution in [3.8, 4) is 0 Å². The third-order valence-electron chi connectivity index (χ3n) is 3.94. The first-order chi connectivity index (χ1) is 11.4. The molecule has 0 atom stereocenters. The Kier molecular flexibility index (Phi) is 3.53. The third kappa shape index (κ3) is 2.81. The fraction of sp³-hybridized carbons (Fsp3) is 0.0500. The Morgan fingerprint density at radius 2 is 1.39 bits per heavy atom. The zero-order valence-corrected chi connectivity index (χ0v) is 12.7. The molecular weight excluding hydrogens is 282 g/mol. The Morgan fingerprint density at radius 1 is 0.739 bits per heavy atom. The molecule has 3 nitrogen and oxygen atoms in total. The van der Waals surface area contributed by atoms with Crippen molar-refractivity contribution in [2.24, 2.45) is 0 Å². The van der Waals surface area contributed by atoms with Crippen molar-refractivity contribution in [2.75, 3.05) is 5.32 Å². The molecule has 0 radical (unpaired) electrons. The lowest BCUT2D eigenvalue weighted by molar-refractivity contribution is -0.647. The molecule has 0 unspecified atom stereocenters. The number of aromatic amines is 1. The topological polar surface area (TPSA) is 31.7 Å². The minimum Gasteiger partial charge on any atom is -0.245 e. The van der Waals surface area contributed by atoms with Gasteiger partial charge in [0.25, 0.3) is 0 Å². The normalized spacial score (nSPS) is 10.8. The number of nitrogens with one attached hydrogen (secondary N) is 2. The van der Waals surface area contributed by atoms with Crippen molar-refractivity contribution in [1.82, 2.24) is 4.98 Å². The number of H-pyrrole nitrogens is 1. The average Bonchev–Trinajstić information content (AvgIpc) is 2.94. The van der Waals surface area contributed by atoms with Gasteiger partial charge in [-0.2, -0.15) is 0 Å². The monoisotopic (exact) mass is 300 g/mol. The van der Waals surface area contributed by atoms with Crippen molar-refractivity contribution < 1.29 is 4.57 Å². The maximum Gasteiger partial charge on any atom is 0.361 e. The number of benzene rings is 3. The molecular formula is C20H18N3+. The number of para-hydroxylation sites is 3. The molecule has 3 heteroatoms. The lowest BCUT2D eigenvalue weighted by Gasteiger charge is -2.04. The highest BCUT2D eigenvalue weighted by molar-refractivity contribution is 5.73. The summed E-state index contributed by atoms with van der Waals surface area (Å²) >= 11 is 0. The molecule has 4 aromatic rings. The molecule has 0 amide bonds. The second kappa shape index (κ2) is 5.97. The summed E-state index contributed by atoms with van der Waals surface area (Å²) in [7, 11) is 0. The van der Waals surface area contributed by atoms with Gasteiger partial charge in [0.15, 0.2) is 0 Å². The number of aromatic nitrogens is 2.